The fraction of sp³-hybridized carbons (Fsp3) is 1.00. The number of hydrogen-bond donors (Lipinski definition) is 0. The summed E-state index contributed by atoms with van der Waals surface area (Å²) in [6.45, 7) is 14.2. The van der Waals surface area contributed by atoms with Crippen molar-refractivity contribution in [3.63, 3.8) is 0 Å². The fourth-order valence-electron chi connectivity index (χ4n) is 2.16. The molecule has 1 unspecified atom stereocenters. The van der Waals surface area contributed by atoms with Crippen LogP contribution in [-0.2, 0) is 0 Å². The third kappa shape index (κ3) is 3.25. The van der Waals surface area contributed by atoms with Gasteiger partial charge in [-0.3, -0.25) is 4.90 Å². The summed E-state index contributed by atoms with van der Waals surface area (Å²) in [6, 6.07) is 0. The van der Waals surface area contributed by atoms with Crippen molar-refractivity contribution in [3.05, 3.63) is 0 Å². The van der Waals surface area contributed by atoms with Crippen LogP contribution in [-0.4, -0.2) is 48.6 Å². The lowest BCUT2D eigenvalue weighted by atomic mass is 10.1. The van der Waals surface area contributed by atoms with Crippen molar-refractivity contribution in [3.8, 4) is 0 Å². The molecule has 2 nitrogen and oxygen atoms in total. The first-order valence-corrected chi connectivity index (χ1v) is 5.87. The Balaban J connectivity index is 2.34. The van der Waals surface area contributed by atoms with E-state index in [-0.39, 0.29) is 0 Å². The predicted molar refractivity (Wildman–Crippen MR) is 62.6 cm³/mol. The van der Waals surface area contributed by atoms with Gasteiger partial charge in [-0.2, -0.15) is 0 Å². The van der Waals surface area contributed by atoms with Gasteiger partial charge in [0, 0.05) is 18.6 Å². The molecule has 1 heterocycles. The number of hydrogen-bond acceptors (Lipinski definition) is 2. The number of nitrogens with zero attached hydrogens (tertiary/aromatic N) is 2. The molecule has 0 aromatic heterocycles. The summed E-state index contributed by atoms with van der Waals surface area (Å²) >= 11 is 0. The SMILES string of the molecule is CCN(C)CC1CCN(C(C)(C)C)C1. The Bertz CT molecular complexity index is 172. The molecule has 2 heteroatoms. The summed E-state index contributed by atoms with van der Waals surface area (Å²) in [5.74, 6) is 0.888. The second-order valence-corrected chi connectivity index (χ2v) is 5.63. The second-order valence-electron chi connectivity index (χ2n) is 5.63. The van der Waals surface area contributed by atoms with Crippen LogP contribution >= 0.6 is 0 Å². The molecular weight excluding hydrogens is 172 g/mol. The van der Waals surface area contributed by atoms with Crippen LogP contribution in [0.5, 0.6) is 0 Å². The van der Waals surface area contributed by atoms with Gasteiger partial charge in [-0.15, -0.1) is 0 Å². The molecule has 0 radical (unpaired) electrons. The van der Waals surface area contributed by atoms with E-state index in [0.29, 0.717) is 5.54 Å². The van der Waals surface area contributed by atoms with Crippen LogP contribution < -0.4 is 0 Å². The van der Waals surface area contributed by atoms with E-state index >= 15 is 0 Å². The van der Waals surface area contributed by atoms with Gasteiger partial charge in [-0.1, -0.05) is 6.92 Å². The Hall–Kier alpha value is -0.0800. The van der Waals surface area contributed by atoms with E-state index in [1.807, 2.05) is 0 Å². The minimum atomic E-state index is 0.361. The molecule has 1 aliphatic heterocycles. The molecule has 1 aliphatic rings. The molecule has 1 rings (SSSR count). The zero-order valence-corrected chi connectivity index (χ0v) is 10.5. The standard InChI is InChI=1S/C12H26N2/c1-6-13(5)9-11-7-8-14(10-11)12(2,3)4/h11H,6-10H2,1-5H3. The quantitative estimate of drug-likeness (QED) is 0.685. The first kappa shape index (κ1) is 12.0. The van der Waals surface area contributed by atoms with Gasteiger partial charge in [0.1, 0.15) is 0 Å². The number of rotatable bonds is 3. The summed E-state index contributed by atoms with van der Waals surface area (Å²) < 4.78 is 0. The van der Waals surface area contributed by atoms with Crippen molar-refractivity contribution in [2.24, 2.45) is 5.92 Å². The molecule has 0 aliphatic carbocycles. The van der Waals surface area contributed by atoms with Crippen molar-refractivity contribution >= 4 is 0 Å². The van der Waals surface area contributed by atoms with E-state index in [9.17, 15) is 0 Å². The molecule has 0 spiro atoms. The smallest absolute Gasteiger partial charge is 0.0125 e. The predicted octanol–water partition coefficient (Wildman–Crippen LogP) is 2.06. The molecule has 0 aromatic carbocycles. The third-order valence-corrected chi connectivity index (χ3v) is 3.34. The van der Waals surface area contributed by atoms with Gasteiger partial charge in [0.15, 0.2) is 0 Å². The molecule has 1 fully saturated rings. The average molecular weight is 198 g/mol. The lowest BCUT2D eigenvalue weighted by molar-refractivity contribution is 0.162. The highest BCUT2D eigenvalue weighted by Crippen LogP contribution is 2.24. The maximum Gasteiger partial charge on any atom is 0.0125 e. The van der Waals surface area contributed by atoms with E-state index in [4.69, 9.17) is 0 Å². The summed E-state index contributed by atoms with van der Waals surface area (Å²) in [6.07, 6.45) is 1.38. The highest BCUT2D eigenvalue weighted by Gasteiger charge is 2.30. The van der Waals surface area contributed by atoms with Gasteiger partial charge >= 0.3 is 0 Å². The van der Waals surface area contributed by atoms with Crippen LogP contribution in [0.1, 0.15) is 34.1 Å². The molecule has 0 N–H and O–H groups in total. The van der Waals surface area contributed by atoms with E-state index in [1.165, 1.54) is 32.6 Å². The minimum Gasteiger partial charge on any atom is -0.306 e. The maximum atomic E-state index is 2.61. The Kier molecular flexibility index (Phi) is 3.96. The van der Waals surface area contributed by atoms with Crippen molar-refractivity contribution < 1.29 is 0 Å². The summed E-state index contributed by atoms with van der Waals surface area (Å²) in [7, 11) is 2.22. The fourth-order valence-corrected chi connectivity index (χ4v) is 2.16. The lowest BCUT2D eigenvalue weighted by Gasteiger charge is -2.32. The largest absolute Gasteiger partial charge is 0.306 e. The normalized spacial score (nSPS) is 24.9. The molecule has 0 amide bonds. The van der Waals surface area contributed by atoms with Crippen LogP contribution in [0.2, 0.25) is 0 Å². The van der Waals surface area contributed by atoms with Crippen LogP contribution in [0.4, 0.5) is 0 Å². The summed E-state index contributed by atoms with van der Waals surface area (Å²) in [5, 5.41) is 0. The Morgan fingerprint density at radius 1 is 1.36 bits per heavy atom. The van der Waals surface area contributed by atoms with Gasteiger partial charge < -0.3 is 4.90 Å². The van der Waals surface area contributed by atoms with Crippen LogP contribution in [0.25, 0.3) is 0 Å². The molecule has 1 atom stereocenters. The van der Waals surface area contributed by atoms with Crippen molar-refractivity contribution in [2.75, 3.05) is 33.2 Å². The first-order chi connectivity index (χ1) is 6.43. The van der Waals surface area contributed by atoms with E-state index < -0.39 is 0 Å². The summed E-state index contributed by atoms with van der Waals surface area (Å²) in [4.78, 5) is 5.04. The van der Waals surface area contributed by atoms with Gasteiger partial charge in [0.05, 0.1) is 0 Å². The molecule has 0 saturated carbocycles. The monoisotopic (exact) mass is 198 g/mol. The molecule has 1 saturated heterocycles. The molecule has 84 valence electrons. The average Bonchev–Trinajstić information content (AvgIpc) is 2.51. The van der Waals surface area contributed by atoms with Crippen molar-refractivity contribution in [1.29, 1.82) is 0 Å². The van der Waals surface area contributed by atoms with Crippen LogP contribution in [0.3, 0.4) is 0 Å². The Morgan fingerprint density at radius 3 is 2.43 bits per heavy atom. The topological polar surface area (TPSA) is 6.48 Å². The van der Waals surface area contributed by atoms with Crippen molar-refractivity contribution in [1.82, 2.24) is 9.80 Å². The first-order valence-electron chi connectivity index (χ1n) is 5.87. The third-order valence-electron chi connectivity index (χ3n) is 3.34. The maximum absolute atomic E-state index is 2.61. The number of likely N-dealkylation sites (tertiary alicyclic amines) is 1. The lowest BCUT2D eigenvalue weighted by Crippen LogP contribution is -2.40. The second kappa shape index (κ2) is 4.63. The van der Waals surface area contributed by atoms with Crippen molar-refractivity contribution in [2.45, 2.75) is 39.7 Å². The zero-order valence-electron chi connectivity index (χ0n) is 10.5. The Morgan fingerprint density at radius 2 is 2.00 bits per heavy atom. The zero-order chi connectivity index (χ0) is 10.8. The van der Waals surface area contributed by atoms with E-state index in [1.54, 1.807) is 0 Å². The van der Waals surface area contributed by atoms with Gasteiger partial charge in [-0.25, -0.2) is 0 Å². The Labute approximate surface area is 89.3 Å². The van der Waals surface area contributed by atoms with Gasteiger partial charge in [0.25, 0.3) is 0 Å². The highest BCUT2D eigenvalue weighted by atomic mass is 15.2. The summed E-state index contributed by atoms with van der Waals surface area (Å²) in [5.41, 5.74) is 0.361. The van der Waals surface area contributed by atoms with Crippen LogP contribution in [0.15, 0.2) is 0 Å². The van der Waals surface area contributed by atoms with Gasteiger partial charge in [-0.05, 0) is 53.2 Å². The van der Waals surface area contributed by atoms with Crippen LogP contribution in [0, 0.1) is 5.92 Å². The molecule has 0 aromatic rings. The van der Waals surface area contributed by atoms with E-state index in [0.717, 1.165) is 5.92 Å². The molecular formula is C12H26N2. The van der Waals surface area contributed by atoms with Gasteiger partial charge in [0.2, 0.25) is 0 Å². The van der Waals surface area contributed by atoms with E-state index in [2.05, 4.69) is 44.5 Å². The minimum absolute atomic E-state index is 0.361. The highest BCUT2D eigenvalue weighted by molar-refractivity contribution is 4.85. The molecule has 0 bridgehead atoms. The molecule has 14 heavy (non-hydrogen) atoms.